The van der Waals surface area contributed by atoms with Crippen LogP contribution >= 0.6 is 0 Å². The highest BCUT2D eigenvalue weighted by Crippen LogP contribution is 2.30. The van der Waals surface area contributed by atoms with Gasteiger partial charge in [-0.15, -0.1) is 5.10 Å². The lowest BCUT2D eigenvalue weighted by Crippen LogP contribution is -2.39. The quantitative estimate of drug-likeness (QED) is 0.372. The molecule has 1 amide bonds. The second kappa shape index (κ2) is 9.14. The third kappa shape index (κ3) is 5.42. The van der Waals surface area contributed by atoms with Crippen LogP contribution in [0.4, 0.5) is 17.3 Å². The molecule has 0 atom stereocenters. The predicted octanol–water partition coefficient (Wildman–Crippen LogP) is 1.62. The van der Waals surface area contributed by atoms with Crippen LogP contribution in [0.25, 0.3) is 5.65 Å². The SMILES string of the molecule is CS(=O)(=O)NC1CCC(Nc2cc(NC3CC3)c3ncc(C(=O)Nc4ccncn4)n3n2)CC1. The summed E-state index contributed by atoms with van der Waals surface area (Å²) in [5.74, 6) is 0.643. The summed E-state index contributed by atoms with van der Waals surface area (Å²) in [6.45, 7) is 0. The standard InChI is InChI=1S/C21H27N9O3S/c1-34(32,33)29-15-6-4-14(5-7-15)26-19-10-16(25-13-2-3-13)20-23-11-17(30(20)28-19)21(31)27-18-8-9-22-12-24-18/h8-15,25,29H,2-7H2,1H3,(H,26,28)(H,22,24,27,31). The number of aromatic nitrogens is 5. The number of hydrogen-bond acceptors (Lipinski definition) is 9. The number of nitrogens with zero attached hydrogens (tertiary/aromatic N) is 5. The summed E-state index contributed by atoms with van der Waals surface area (Å²) < 4.78 is 27.3. The van der Waals surface area contributed by atoms with Gasteiger partial charge >= 0.3 is 0 Å². The molecule has 0 radical (unpaired) electrons. The topological polar surface area (TPSA) is 155 Å². The lowest BCUT2D eigenvalue weighted by atomic mass is 9.92. The number of rotatable bonds is 8. The van der Waals surface area contributed by atoms with E-state index in [-0.39, 0.29) is 23.7 Å². The average Bonchev–Trinajstić information content (AvgIpc) is 3.50. The van der Waals surface area contributed by atoms with Crippen molar-refractivity contribution < 1.29 is 13.2 Å². The van der Waals surface area contributed by atoms with E-state index >= 15 is 0 Å². The Morgan fingerprint density at radius 1 is 1.00 bits per heavy atom. The second-order valence-corrected chi connectivity index (χ2v) is 10.7. The monoisotopic (exact) mass is 485 g/mol. The first-order valence-electron chi connectivity index (χ1n) is 11.3. The van der Waals surface area contributed by atoms with Crippen molar-refractivity contribution in [3.8, 4) is 0 Å². The molecular formula is C21H27N9O3S. The fourth-order valence-corrected chi connectivity index (χ4v) is 5.00. The number of carbonyl (C=O) groups is 1. The summed E-state index contributed by atoms with van der Waals surface area (Å²) in [6, 6.07) is 4.04. The van der Waals surface area contributed by atoms with E-state index in [1.54, 1.807) is 16.8 Å². The highest BCUT2D eigenvalue weighted by molar-refractivity contribution is 7.88. The fourth-order valence-electron chi connectivity index (χ4n) is 4.16. The van der Waals surface area contributed by atoms with Gasteiger partial charge in [0, 0.05) is 30.4 Å². The zero-order valence-electron chi connectivity index (χ0n) is 18.7. The number of anilines is 3. The van der Waals surface area contributed by atoms with Crippen molar-refractivity contribution in [3.05, 3.63) is 36.5 Å². The molecule has 3 heterocycles. The molecule has 0 aromatic carbocycles. The molecule has 4 N–H and O–H groups in total. The van der Waals surface area contributed by atoms with Crippen LogP contribution in [0.1, 0.15) is 49.0 Å². The summed E-state index contributed by atoms with van der Waals surface area (Å²) in [6.07, 6.45) is 10.9. The van der Waals surface area contributed by atoms with Gasteiger partial charge in [-0.2, -0.15) is 0 Å². The third-order valence-electron chi connectivity index (χ3n) is 5.92. The van der Waals surface area contributed by atoms with E-state index in [0.717, 1.165) is 44.2 Å². The Morgan fingerprint density at radius 3 is 2.38 bits per heavy atom. The third-order valence-corrected chi connectivity index (χ3v) is 6.68. The minimum atomic E-state index is -3.21. The molecule has 3 aromatic rings. The first-order chi connectivity index (χ1) is 16.3. The van der Waals surface area contributed by atoms with Gasteiger partial charge in [0.15, 0.2) is 11.3 Å². The highest BCUT2D eigenvalue weighted by atomic mass is 32.2. The van der Waals surface area contributed by atoms with E-state index in [0.29, 0.717) is 23.3 Å². The van der Waals surface area contributed by atoms with E-state index in [1.165, 1.54) is 18.8 Å². The van der Waals surface area contributed by atoms with E-state index in [2.05, 4.69) is 40.7 Å². The van der Waals surface area contributed by atoms with Crippen molar-refractivity contribution in [1.82, 2.24) is 29.3 Å². The lowest BCUT2D eigenvalue weighted by molar-refractivity contribution is 0.102. The molecule has 0 aliphatic heterocycles. The highest BCUT2D eigenvalue weighted by Gasteiger charge is 2.26. The molecule has 0 saturated heterocycles. The Morgan fingerprint density at radius 2 is 1.71 bits per heavy atom. The smallest absolute Gasteiger partial charge is 0.277 e. The van der Waals surface area contributed by atoms with Crippen LogP contribution in [0.2, 0.25) is 0 Å². The average molecular weight is 486 g/mol. The molecule has 5 rings (SSSR count). The van der Waals surface area contributed by atoms with Crippen LogP contribution in [0.5, 0.6) is 0 Å². The first kappa shape index (κ1) is 22.5. The van der Waals surface area contributed by atoms with E-state index in [4.69, 9.17) is 0 Å². The molecule has 3 aromatic heterocycles. The fraction of sp³-hybridized carbons (Fsp3) is 0.476. The number of sulfonamides is 1. The largest absolute Gasteiger partial charge is 0.379 e. The molecule has 2 aliphatic rings. The van der Waals surface area contributed by atoms with Crippen molar-refractivity contribution in [2.75, 3.05) is 22.2 Å². The lowest BCUT2D eigenvalue weighted by Gasteiger charge is -2.29. The van der Waals surface area contributed by atoms with Gasteiger partial charge in [-0.3, -0.25) is 4.79 Å². The van der Waals surface area contributed by atoms with Crippen molar-refractivity contribution in [1.29, 1.82) is 0 Å². The Bertz CT molecular complexity index is 1280. The minimum Gasteiger partial charge on any atom is -0.379 e. The molecule has 13 heteroatoms. The number of amides is 1. The van der Waals surface area contributed by atoms with Crippen molar-refractivity contribution in [2.45, 2.75) is 56.7 Å². The Labute approximate surface area is 197 Å². The molecule has 2 aliphatic carbocycles. The van der Waals surface area contributed by atoms with Crippen LogP contribution in [0.3, 0.4) is 0 Å². The molecular weight excluding hydrogens is 458 g/mol. The molecule has 12 nitrogen and oxygen atoms in total. The van der Waals surface area contributed by atoms with Gasteiger partial charge in [0.05, 0.1) is 18.1 Å². The van der Waals surface area contributed by atoms with Crippen molar-refractivity contribution in [3.63, 3.8) is 0 Å². The van der Waals surface area contributed by atoms with Gasteiger partial charge in [-0.1, -0.05) is 0 Å². The van der Waals surface area contributed by atoms with Crippen molar-refractivity contribution in [2.24, 2.45) is 0 Å². The zero-order valence-corrected chi connectivity index (χ0v) is 19.5. The summed E-state index contributed by atoms with van der Waals surface area (Å²) in [4.78, 5) is 25.3. The normalized spacial score (nSPS) is 20.7. The van der Waals surface area contributed by atoms with Gasteiger partial charge in [-0.25, -0.2) is 32.6 Å². The molecule has 0 bridgehead atoms. The van der Waals surface area contributed by atoms with E-state index in [9.17, 15) is 13.2 Å². The van der Waals surface area contributed by atoms with Crippen LogP contribution < -0.4 is 20.7 Å². The predicted molar refractivity (Wildman–Crippen MR) is 127 cm³/mol. The Kier molecular flexibility index (Phi) is 6.04. The second-order valence-electron chi connectivity index (χ2n) is 8.87. The molecule has 0 spiro atoms. The molecule has 2 saturated carbocycles. The number of fused-ring (bicyclic) bond motifs is 1. The summed E-state index contributed by atoms with van der Waals surface area (Å²) in [7, 11) is -3.21. The first-order valence-corrected chi connectivity index (χ1v) is 13.2. The van der Waals surface area contributed by atoms with Gasteiger partial charge in [0.2, 0.25) is 10.0 Å². The van der Waals surface area contributed by atoms with E-state index in [1.807, 2.05) is 6.07 Å². The Hall–Kier alpha value is -3.32. The summed E-state index contributed by atoms with van der Waals surface area (Å²) in [5.41, 5.74) is 1.68. The summed E-state index contributed by atoms with van der Waals surface area (Å²) in [5, 5.41) is 14.3. The van der Waals surface area contributed by atoms with Crippen LogP contribution in [-0.4, -0.2) is 63.3 Å². The number of nitrogens with one attached hydrogen (secondary N) is 4. The number of hydrogen-bond donors (Lipinski definition) is 4. The minimum absolute atomic E-state index is 0.0404. The van der Waals surface area contributed by atoms with Crippen LogP contribution in [0.15, 0.2) is 30.9 Å². The summed E-state index contributed by atoms with van der Waals surface area (Å²) >= 11 is 0. The molecule has 180 valence electrons. The number of imidazole rings is 1. The molecule has 2 fully saturated rings. The van der Waals surface area contributed by atoms with Gasteiger partial charge < -0.3 is 16.0 Å². The van der Waals surface area contributed by atoms with Crippen LogP contribution in [0, 0.1) is 0 Å². The van der Waals surface area contributed by atoms with E-state index < -0.39 is 10.0 Å². The zero-order chi connectivity index (χ0) is 23.7. The van der Waals surface area contributed by atoms with Gasteiger partial charge in [0.1, 0.15) is 18.0 Å². The van der Waals surface area contributed by atoms with Gasteiger partial charge in [0.25, 0.3) is 5.91 Å². The van der Waals surface area contributed by atoms with Crippen molar-refractivity contribution >= 4 is 38.9 Å². The Balaban J connectivity index is 1.36. The molecule has 34 heavy (non-hydrogen) atoms. The maximum absolute atomic E-state index is 12.9. The van der Waals surface area contributed by atoms with Crippen LogP contribution in [-0.2, 0) is 10.0 Å². The van der Waals surface area contributed by atoms with Gasteiger partial charge in [-0.05, 0) is 44.6 Å². The maximum Gasteiger partial charge on any atom is 0.277 e. The maximum atomic E-state index is 12.9. The number of carbonyl (C=O) groups excluding carboxylic acids is 1. The molecule has 0 unspecified atom stereocenters.